The Bertz CT molecular complexity index is 1070. The summed E-state index contributed by atoms with van der Waals surface area (Å²) in [5.74, 6) is -0.978. The Labute approximate surface area is 199 Å². The maximum Gasteiger partial charge on any atom is 0.255 e. The lowest BCUT2D eigenvalue weighted by Crippen LogP contribution is -2.51. The number of hydrogen-bond acceptors (Lipinski definition) is 6. The van der Waals surface area contributed by atoms with E-state index < -0.39 is 24.0 Å². The molecular weight excluding hydrogens is 432 g/mol. The number of anilines is 1. The number of amides is 2. The first-order valence-corrected chi connectivity index (χ1v) is 11.6. The van der Waals surface area contributed by atoms with Gasteiger partial charge < -0.3 is 25.3 Å². The smallest absolute Gasteiger partial charge is 0.255 e. The molecule has 0 bridgehead atoms. The molecule has 1 unspecified atom stereocenters. The van der Waals surface area contributed by atoms with Gasteiger partial charge in [-0.3, -0.25) is 9.59 Å². The van der Waals surface area contributed by atoms with Gasteiger partial charge in [0.2, 0.25) is 0 Å². The van der Waals surface area contributed by atoms with E-state index in [2.05, 4.69) is 23.2 Å². The standard InChI is InChI=1S/C26H30N4O4/c1-17-14-29(22-9-5-4-6-18(22)12-27)11-10-19(17)13-28-25(33)23(31)24(32)26(34)30-15-20-7-2-3-8-21(20)16-30/h2-9,17,19,23-24,31-32H,10-11,13-16H2,1H3,(H,28,33)/t17-,19?,23-,24-/m1/s1. The van der Waals surface area contributed by atoms with Gasteiger partial charge in [-0.05, 0) is 41.5 Å². The van der Waals surface area contributed by atoms with Crippen molar-refractivity contribution in [1.29, 1.82) is 5.26 Å². The number of fused-ring (bicyclic) bond motifs is 1. The highest BCUT2D eigenvalue weighted by Gasteiger charge is 2.36. The van der Waals surface area contributed by atoms with Gasteiger partial charge in [-0.25, -0.2) is 0 Å². The van der Waals surface area contributed by atoms with Crippen LogP contribution in [0.1, 0.15) is 30.0 Å². The molecular formula is C26H30N4O4. The molecule has 0 aliphatic carbocycles. The fourth-order valence-electron chi connectivity index (χ4n) is 4.85. The fourth-order valence-corrected chi connectivity index (χ4v) is 4.85. The summed E-state index contributed by atoms with van der Waals surface area (Å²) in [4.78, 5) is 28.8. The predicted octanol–water partition coefficient (Wildman–Crippen LogP) is 1.40. The zero-order chi connectivity index (χ0) is 24.2. The van der Waals surface area contributed by atoms with Crippen LogP contribution in [0.5, 0.6) is 0 Å². The van der Waals surface area contributed by atoms with Crippen LogP contribution in [0.3, 0.4) is 0 Å². The second-order valence-electron chi connectivity index (χ2n) is 9.20. The van der Waals surface area contributed by atoms with Gasteiger partial charge in [0.1, 0.15) is 6.07 Å². The molecule has 3 N–H and O–H groups in total. The van der Waals surface area contributed by atoms with E-state index in [0.29, 0.717) is 25.2 Å². The molecule has 8 nitrogen and oxygen atoms in total. The molecule has 8 heteroatoms. The minimum absolute atomic E-state index is 0.183. The van der Waals surface area contributed by atoms with Crippen LogP contribution in [-0.2, 0) is 22.7 Å². The first-order valence-electron chi connectivity index (χ1n) is 11.6. The number of para-hydroxylation sites is 1. The Morgan fingerprint density at radius 1 is 1.09 bits per heavy atom. The highest BCUT2D eigenvalue weighted by Crippen LogP contribution is 2.29. The number of carbonyl (C=O) groups excluding carboxylic acids is 2. The monoisotopic (exact) mass is 462 g/mol. The van der Waals surface area contributed by atoms with Crippen molar-refractivity contribution in [2.24, 2.45) is 11.8 Å². The molecule has 0 saturated carbocycles. The maximum absolute atomic E-state index is 12.6. The number of nitrogens with one attached hydrogen (secondary N) is 1. The molecule has 2 aromatic rings. The average Bonchev–Trinajstić information content (AvgIpc) is 3.30. The van der Waals surface area contributed by atoms with E-state index in [1.54, 1.807) is 6.07 Å². The van der Waals surface area contributed by atoms with E-state index in [1.807, 2.05) is 42.5 Å². The Hall–Kier alpha value is -3.41. The Morgan fingerprint density at radius 3 is 2.38 bits per heavy atom. The van der Waals surface area contributed by atoms with Gasteiger partial charge in [-0.15, -0.1) is 0 Å². The molecule has 1 fully saturated rings. The van der Waals surface area contributed by atoms with Gasteiger partial charge in [0.15, 0.2) is 12.2 Å². The molecule has 2 aliphatic rings. The van der Waals surface area contributed by atoms with E-state index in [-0.39, 0.29) is 11.8 Å². The quantitative estimate of drug-likeness (QED) is 0.598. The molecule has 2 aliphatic heterocycles. The van der Waals surface area contributed by atoms with Crippen LogP contribution in [0.25, 0.3) is 0 Å². The van der Waals surface area contributed by atoms with Crippen molar-refractivity contribution >= 4 is 17.5 Å². The van der Waals surface area contributed by atoms with Crippen LogP contribution in [0.2, 0.25) is 0 Å². The summed E-state index contributed by atoms with van der Waals surface area (Å²) in [5.41, 5.74) is 3.56. The summed E-state index contributed by atoms with van der Waals surface area (Å²) in [7, 11) is 0. The highest BCUT2D eigenvalue weighted by atomic mass is 16.3. The molecule has 2 amide bonds. The van der Waals surface area contributed by atoms with Crippen molar-refractivity contribution < 1.29 is 19.8 Å². The summed E-state index contributed by atoms with van der Waals surface area (Å²) in [6.07, 6.45) is -2.82. The van der Waals surface area contributed by atoms with Crippen LogP contribution in [0.4, 0.5) is 5.69 Å². The lowest BCUT2D eigenvalue weighted by Gasteiger charge is -2.38. The first kappa shape index (κ1) is 23.7. The predicted molar refractivity (Wildman–Crippen MR) is 126 cm³/mol. The van der Waals surface area contributed by atoms with Gasteiger partial charge in [0.25, 0.3) is 11.8 Å². The summed E-state index contributed by atoms with van der Waals surface area (Å²) < 4.78 is 0. The lowest BCUT2D eigenvalue weighted by atomic mass is 9.86. The van der Waals surface area contributed by atoms with E-state index in [9.17, 15) is 25.1 Å². The van der Waals surface area contributed by atoms with E-state index >= 15 is 0 Å². The Morgan fingerprint density at radius 2 is 1.74 bits per heavy atom. The van der Waals surface area contributed by atoms with Crippen molar-refractivity contribution in [3.05, 3.63) is 65.2 Å². The molecule has 2 heterocycles. The maximum atomic E-state index is 12.6. The second-order valence-corrected chi connectivity index (χ2v) is 9.20. The topological polar surface area (TPSA) is 117 Å². The fraction of sp³-hybridized carbons (Fsp3) is 0.423. The number of piperidine rings is 1. The number of benzene rings is 2. The van der Waals surface area contributed by atoms with Crippen molar-refractivity contribution in [3.8, 4) is 6.07 Å². The molecule has 1 saturated heterocycles. The normalized spacial score (nSPS) is 21.4. The molecule has 4 rings (SSSR count). The third-order valence-corrected chi connectivity index (χ3v) is 6.96. The number of nitriles is 1. The van der Waals surface area contributed by atoms with Gasteiger partial charge in [0.05, 0.1) is 11.3 Å². The van der Waals surface area contributed by atoms with Crippen molar-refractivity contribution in [2.45, 2.75) is 38.6 Å². The largest absolute Gasteiger partial charge is 0.380 e. The van der Waals surface area contributed by atoms with Crippen molar-refractivity contribution in [2.75, 3.05) is 24.5 Å². The summed E-state index contributed by atoms with van der Waals surface area (Å²) in [6, 6.07) is 17.4. The SMILES string of the molecule is C[C@@H]1CN(c2ccccc2C#N)CCC1CNC(=O)[C@H](O)[C@@H](O)C(=O)N1Cc2ccccc2C1. The molecule has 34 heavy (non-hydrogen) atoms. The first-order chi connectivity index (χ1) is 16.4. The minimum atomic E-state index is -1.82. The zero-order valence-corrected chi connectivity index (χ0v) is 19.2. The van der Waals surface area contributed by atoms with Crippen LogP contribution < -0.4 is 10.2 Å². The Balaban J connectivity index is 1.27. The molecule has 0 radical (unpaired) electrons. The number of aliphatic hydroxyl groups is 2. The van der Waals surface area contributed by atoms with Crippen molar-refractivity contribution in [3.63, 3.8) is 0 Å². The number of hydrogen-bond donors (Lipinski definition) is 3. The lowest BCUT2D eigenvalue weighted by molar-refractivity contribution is -0.153. The molecule has 4 atom stereocenters. The van der Waals surface area contributed by atoms with Crippen LogP contribution >= 0.6 is 0 Å². The molecule has 178 valence electrons. The van der Waals surface area contributed by atoms with E-state index in [0.717, 1.165) is 36.3 Å². The van der Waals surface area contributed by atoms with Gasteiger partial charge in [-0.2, -0.15) is 5.26 Å². The number of aliphatic hydroxyl groups excluding tert-OH is 2. The highest BCUT2D eigenvalue weighted by molar-refractivity contribution is 5.91. The molecule has 0 aromatic heterocycles. The molecule has 0 spiro atoms. The third kappa shape index (κ3) is 4.91. The van der Waals surface area contributed by atoms with Gasteiger partial charge in [-0.1, -0.05) is 43.3 Å². The Kier molecular flexibility index (Phi) is 7.15. The van der Waals surface area contributed by atoms with Gasteiger partial charge >= 0.3 is 0 Å². The number of carbonyl (C=O) groups is 2. The third-order valence-electron chi connectivity index (χ3n) is 6.96. The molecule has 2 aromatic carbocycles. The van der Waals surface area contributed by atoms with Crippen LogP contribution in [-0.4, -0.2) is 58.8 Å². The summed E-state index contributed by atoms with van der Waals surface area (Å²) in [5, 5.41) is 32.8. The second kappa shape index (κ2) is 10.2. The van der Waals surface area contributed by atoms with Crippen molar-refractivity contribution in [1.82, 2.24) is 10.2 Å². The van der Waals surface area contributed by atoms with E-state index in [1.165, 1.54) is 4.90 Å². The van der Waals surface area contributed by atoms with Crippen LogP contribution in [0, 0.1) is 23.2 Å². The number of rotatable bonds is 6. The van der Waals surface area contributed by atoms with Crippen LogP contribution in [0.15, 0.2) is 48.5 Å². The number of nitrogens with zero attached hydrogens (tertiary/aromatic N) is 3. The zero-order valence-electron chi connectivity index (χ0n) is 19.2. The summed E-state index contributed by atoms with van der Waals surface area (Å²) in [6.45, 7) is 4.65. The van der Waals surface area contributed by atoms with E-state index in [4.69, 9.17) is 0 Å². The average molecular weight is 463 g/mol. The summed E-state index contributed by atoms with van der Waals surface area (Å²) >= 11 is 0. The minimum Gasteiger partial charge on any atom is -0.380 e. The van der Waals surface area contributed by atoms with Gasteiger partial charge in [0, 0.05) is 32.7 Å².